The summed E-state index contributed by atoms with van der Waals surface area (Å²) < 4.78 is 40.1. The molecule has 0 radical (unpaired) electrons. The molecule has 0 amide bonds. The second-order valence-electron chi connectivity index (χ2n) is 6.86. The molecule has 3 aromatic rings. The molecule has 0 saturated heterocycles. The lowest BCUT2D eigenvalue weighted by molar-refractivity contribution is 0.450. The van der Waals surface area contributed by atoms with Crippen LogP contribution in [0.2, 0.25) is 0 Å². The molecule has 3 rings (SSSR count). The number of nitrogens with one attached hydrogen (secondary N) is 1. The summed E-state index contributed by atoms with van der Waals surface area (Å²) in [6.45, 7) is 3.18. The number of nitrogens with zero attached hydrogens (tertiary/aromatic N) is 3. The Hall–Kier alpha value is -2.58. The zero-order chi connectivity index (χ0) is 20.5. The summed E-state index contributed by atoms with van der Waals surface area (Å²) >= 11 is 0. The Morgan fingerprint density at radius 1 is 1.11 bits per heavy atom. The first-order valence-electron chi connectivity index (χ1n) is 8.90. The number of halogens is 1. The normalized spacial score (nSPS) is 12.1. The van der Waals surface area contributed by atoms with Crippen molar-refractivity contribution in [3.05, 3.63) is 54.1 Å². The van der Waals surface area contributed by atoms with E-state index in [2.05, 4.69) is 15.3 Å². The molecule has 0 spiro atoms. The van der Waals surface area contributed by atoms with Gasteiger partial charge in [0.2, 0.25) is 10.0 Å². The van der Waals surface area contributed by atoms with Crippen molar-refractivity contribution in [3.63, 3.8) is 0 Å². The standard InChI is InChI=1S/C20H23FN4O2S/c1-13(2)28(26,27)25(4)11-16-9-14(5-7-18(16)21)15-6-8-19-17(10-15)20(22-3)24-12-23-19/h5-10,12-13H,11H2,1-4H3,(H,22,23,24). The molecule has 0 fully saturated rings. The molecule has 8 heteroatoms. The number of hydrogen-bond acceptors (Lipinski definition) is 5. The lowest BCUT2D eigenvalue weighted by atomic mass is 10.0. The van der Waals surface area contributed by atoms with Gasteiger partial charge in [-0.2, -0.15) is 0 Å². The summed E-state index contributed by atoms with van der Waals surface area (Å²) in [6, 6.07) is 10.5. The molecule has 0 aliphatic heterocycles. The van der Waals surface area contributed by atoms with Crippen molar-refractivity contribution < 1.29 is 12.8 Å². The highest BCUT2D eigenvalue weighted by molar-refractivity contribution is 7.89. The smallest absolute Gasteiger partial charge is 0.216 e. The second kappa shape index (κ2) is 7.81. The van der Waals surface area contributed by atoms with Crippen LogP contribution in [0.1, 0.15) is 19.4 Å². The van der Waals surface area contributed by atoms with Gasteiger partial charge in [0.25, 0.3) is 0 Å². The maximum atomic E-state index is 14.4. The van der Waals surface area contributed by atoms with E-state index in [9.17, 15) is 12.8 Å². The third kappa shape index (κ3) is 3.83. The molecule has 6 nitrogen and oxygen atoms in total. The fraction of sp³-hybridized carbons (Fsp3) is 0.300. The maximum Gasteiger partial charge on any atom is 0.216 e. The molecular formula is C20H23FN4O2S. The molecule has 28 heavy (non-hydrogen) atoms. The fourth-order valence-electron chi connectivity index (χ4n) is 3.00. The van der Waals surface area contributed by atoms with Crippen LogP contribution in [0.5, 0.6) is 0 Å². The Kier molecular flexibility index (Phi) is 5.62. The Labute approximate surface area is 164 Å². The Morgan fingerprint density at radius 3 is 2.46 bits per heavy atom. The van der Waals surface area contributed by atoms with E-state index in [1.165, 1.54) is 23.7 Å². The fourth-order valence-corrected chi connectivity index (χ4v) is 4.04. The van der Waals surface area contributed by atoms with E-state index in [1.54, 1.807) is 33.0 Å². The Balaban J connectivity index is 2.01. The number of fused-ring (bicyclic) bond motifs is 1. The third-order valence-electron chi connectivity index (χ3n) is 4.67. The zero-order valence-electron chi connectivity index (χ0n) is 16.3. The minimum absolute atomic E-state index is 0.0291. The molecule has 0 unspecified atom stereocenters. The van der Waals surface area contributed by atoms with Gasteiger partial charge in [0, 0.05) is 31.6 Å². The average molecular weight is 402 g/mol. The monoisotopic (exact) mass is 402 g/mol. The highest BCUT2D eigenvalue weighted by Gasteiger charge is 2.23. The van der Waals surface area contributed by atoms with Gasteiger partial charge in [-0.25, -0.2) is 27.1 Å². The van der Waals surface area contributed by atoms with Crippen LogP contribution in [0.15, 0.2) is 42.7 Å². The van der Waals surface area contributed by atoms with E-state index in [1.807, 2.05) is 18.2 Å². The largest absolute Gasteiger partial charge is 0.373 e. The first-order chi connectivity index (χ1) is 13.2. The summed E-state index contributed by atoms with van der Waals surface area (Å²) in [5, 5.41) is 3.33. The number of rotatable bonds is 6. The summed E-state index contributed by atoms with van der Waals surface area (Å²) in [4.78, 5) is 8.47. The van der Waals surface area contributed by atoms with Crippen LogP contribution in [0, 0.1) is 5.82 Å². The van der Waals surface area contributed by atoms with Crippen LogP contribution in [0.3, 0.4) is 0 Å². The second-order valence-corrected chi connectivity index (χ2v) is 9.46. The molecule has 0 bridgehead atoms. The highest BCUT2D eigenvalue weighted by Crippen LogP contribution is 2.28. The van der Waals surface area contributed by atoms with Gasteiger partial charge in [0.1, 0.15) is 18.0 Å². The van der Waals surface area contributed by atoms with Crippen LogP contribution in [0.25, 0.3) is 22.0 Å². The van der Waals surface area contributed by atoms with Crippen LogP contribution >= 0.6 is 0 Å². The van der Waals surface area contributed by atoms with Crippen LogP contribution in [-0.2, 0) is 16.6 Å². The van der Waals surface area contributed by atoms with Gasteiger partial charge in [0.15, 0.2) is 0 Å². The molecule has 1 N–H and O–H groups in total. The minimum Gasteiger partial charge on any atom is -0.373 e. The lowest BCUT2D eigenvalue weighted by Crippen LogP contribution is -2.32. The number of hydrogen-bond donors (Lipinski definition) is 1. The van der Waals surface area contributed by atoms with Crippen LogP contribution < -0.4 is 5.32 Å². The van der Waals surface area contributed by atoms with Crippen molar-refractivity contribution in [2.24, 2.45) is 0 Å². The lowest BCUT2D eigenvalue weighted by Gasteiger charge is -2.20. The summed E-state index contributed by atoms with van der Waals surface area (Å²) in [5.74, 6) is 0.270. The van der Waals surface area contributed by atoms with Gasteiger partial charge in [-0.1, -0.05) is 12.1 Å². The number of sulfonamides is 1. The molecule has 148 valence electrons. The van der Waals surface area contributed by atoms with E-state index in [0.29, 0.717) is 11.4 Å². The van der Waals surface area contributed by atoms with Crippen LogP contribution in [-0.4, -0.2) is 42.0 Å². The summed E-state index contributed by atoms with van der Waals surface area (Å²) in [5.41, 5.74) is 2.78. The molecule has 1 heterocycles. The maximum absolute atomic E-state index is 14.4. The van der Waals surface area contributed by atoms with E-state index in [-0.39, 0.29) is 6.54 Å². The van der Waals surface area contributed by atoms with E-state index < -0.39 is 21.1 Å². The molecule has 0 aliphatic carbocycles. The third-order valence-corrected chi connectivity index (χ3v) is 6.86. The topological polar surface area (TPSA) is 75.2 Å². The van der Waals surface area contributed by atoms with Gasteiger partial charge in [-0.15, -0.1) is 0 Å². The zero-order valence-corrected chi connectivity index (χ0v) is 17.1. The molecule has 0 atom stereocenters. The molecule has 0 saturated carbocycles. The van der Waals surface area contributed by atoms with Gasteiger partial charge in [0.05, 0.1) is 10.8 Å². The van der Waals surface area contributed by atoms with E-state index in [0.717, 1.165) is 22.0 Å². The predicted octanol–water partition coefficient (Wildman–Crippen LogP) is 3.65. The van der Waals surface area contributed by atoms with Crippen molar-refractivity contribution in [1.29, 1.82) is 0 Å². The van der Waals surface area contributed by atoms with Crippen molar-refractivity contribution in [2.45, 2.75) is 25.6 Å². The molecule has 2 aromatic carbocycles. The van der Waals surface area contributed by atoms with Crippen molar-refractivity contribution >= 4 is 26.7 Å². The first-order valence-corrected chi connectivity index (χ1v) is 10.4. The summed E-state index contributed by atoms with van der Waals surface area (Å²) in [7, 11) is -0.212. The first kappa shape index (κ1) is 20.2. The van der Waals surface area contributed by atoms with Gasteiger partial charge >= 0.3 is 0 Å². The van der Waals surface area contributed by atoms with Crippen molar-refractivity contribution in [3.8, 4) is 11.1 Å². The average Bonchev–Trinajstić information content (AvgIpc) is 2.68. The summed E-state index contributed by atoms with van der Waals surface area (Å²) in [6.07, 6.45) is 1.49. The predicted molar refractivity (Wildman–Crippen MR) is 110 cm³/mol. The van der Waals surface area contributed by atoms with Crippen molar-refractivity contribution in [2.75, 3.05) is 19.4 Å². The van der Waals surface area contributed by atoms with E-state index in [4.69, 9.17) is 0 Å². The molecule has 1 aromatic heterocycles. The quantitative estimate of drug-likeness (QED) is 0.681. The number of aromatic nitrogens is 2. The molecule has 0 aliphatic rings. The Morgan fingerprint density at radius 2 is 1.79 bits per heavy atom. The number of anilines is 1. The molecular weight excluding hydrogens is 379 g/mol. The van der Waals surface area contributed by atoms with E-state index >= 15 is 0 Å². The van der Waals surface area contributed by atoms with Crippen molar-refractivity contribution in [1.82, 2.24) is 14.3 Å². The minimum atomic E-state index is -3.47. The van der Waals surface area contributed by atoms with Crippen LogP contribution in [0.4, 0.5) is 10.2 Å². The van der Waals surface area contributed by atoms with Gasteiger partial charge in [-0.05, 0) is 49.2 Å². The SMILES string of the molecule is CNc1ncnc2ccc(-c3ccc(F)c(CN(C)S(=O)(=O)C(C)C)c3)cc12. The van der Waals surface area contributed by atoms with Gasteiger partial charge < -0.3 is 5.32 Å². The Bertz CT molecular complexity index is 1120. The number of benzene rings is 2. The van der Waals surface area contributed by atoms with Gasteiger partial charge in [-0.3, -0.25) is 0 Å². The highest BCUT2D eigenvalue weighted by atomic mass is 32.2.